The lowest BCUT2D eigenvalue weighted by Crippen LogP contribution is -2.44. The van der Waals surface area contributed by atoms with Gasteiger partial charge in [0, 0.05) is 12.6 Å². The highest BCUT2D eigenvalue weighted by molar-refractivity contribution is 7.90. The molecule has 0 aromatic carbocycles. The molecule has 0 aromatic heterocycles. The normalized spacial score (nSPS) is 15.5. The summed E-state index contributed by atoms with van der Waals surface area (Å²) in [7, 11) is -3.42. The van der Waals surface area contributed by atoms with Crippen LogP contribution in [0.15, 0.2) is 0 Å². The molecule has 14 heavy (non-hydrogen) atoms. The first-order chi connectivity index (χ1) is 6.23. The number of sulfonamides is 1. The minimum absolute atomic E-state index is 0.0489. The van der Waals surface area contributed by atoms with Crippen molar-refractivity contribution >= 4 is 21.6 Å². The first kappa shape index (κ1) is 14.2. The number of hydrogen-bond acceptors (Lipinski definition) is 3. The van der Waals surface area contributed by atoms with Crippen molar-refractivity contribution < 1.29 is 13.5 Å². The van der Waals surface area contributed by atoms with E-state index in [2.05, 4.69) is 4.72 Å². The van der Waals surface area contributed by atoms with Crippen molar-refractivity contribution in [1.29, 1.82) is 0 Å². The van der Waals surface area contributed by atoms with Gasteiger partial charge in [-0.2, -0.15) is 0 Å². The van der Waals surface area contributed by atoms with Gasteiger partial charge in [-0.3, -0.25) is 0 Å². The molecule has 1 atom stereocenters. The second-order valence-electron chi connectivity index (χ2n) is 4.27. The summed E-state index contributed by atoms with van der Waals surface area (Å²) in [6.07, 6.45) is 0.389. The highest BCUT2D eigenvalue weighted by Crippen LogP contribution is 2.22. The van der Waals surface area contributed by atoms with Crippen molar-refractivity contribution in [1.82, 2.24) is 4.72 Å². The van der Waals surface area contributed by atoms with Crippen molar-refractivity contribution in [2.24, 2.45) is 5.41 Å². The molecule has 0 rings (SSSR count). The SMILES string of the molecule is CC(C)(C)C(CCO)NS(=O)(=O)CCl. The lowest BCUT2D eigenvalue weighted by Gasteiger charge is -2.30. The van der Waals surface area contributed by atoms with Crippen LogP contribution in [0.3, 0.4) is 0 Å². The van der Waals surface area contributed by atoms with Gasteiger partial charge in [0.25, 0.3) is 0 Å². The van der Waals surface area contributed by atoms with Gasteiger partial charge in [-0.1, -0.05) is 20.8 Å². The lowest BCUT2D eigenvalue weighted by atomic mass is 9.86. The van der Waals surface area contributed by atoms with E-state index in [1.807, 2.05) is 20.8 Å². The second-order valence-corrected chi connectivity index (χ2v) is 6.61. The van der Waals surface area contributed by atoms with Gasteiger partial charge in [0.05, 0.1) is 0 Å². The van der Waals surface area contributed by atoms with Gasteiger partial charge in [0.2, 0.25) is 10.0 Å². The monoisotopic (exact) mass is 243 g/mol. The molecule has 4 nitrogen and oxygen atoms in total. The Kier molecular flexibility index (Phi) is 5.36. The first-order valence-electron chi connectivity index (χ1n) is 4.40. The van der Waals surface area contributed by atoms with Gasteiger partial charge in [-0.25, -0.2) is 13.1 Å². The van der Waals surface area contributed by atoms with Crippen LogP contribution in [0.2, 0.25) is 0 Å². The second kappa shape index (κ2) is 5.30. The van der Waals surface area contributed by atoms with Gasteiger partial charge in [-0.05, 0) is 11.8 Å². The summed E-state index contributed by atoms with van der Waals surface area (Å²) in [4.78, 5) is 0. The van der Waals surface area contributed by atoms with Crippen molar-refractivity contribution in [2.75, 3.05) is 11.8 Å². The van der Waals surface area contributed by atoms with Gasteiger partial charge in [0.15, 0.2) is 0 Å². The van der Waals surface area contributed by atoms with Crippen LogP contribution < -0.4 is 4.72 Å². The maximum Gasteiger partial charge on any atom is 0.225 e. The largest absolute Gasteiger partial charge is 0.396 e. The topological polar surface area (TPSA) is 66.4 Å². The molecule has 1 unspecified atom stereocenters. The molecule has 0 aliphatic carbocycles. The van der Waals surface area contributed by atoms with E-state index in [9.17, 15) is 8.42 Å². The fourth-order valence-electron chi connectivity index (χ4n) is 1.05. The van der Waals surface area contributed by atoms with Crippen molar-refractivity contribution in [3.63, 3.8) is 0 Å². The molecular formula is C8H18ClNO3S. The Hall–Kier alpha value is 0.160. The van der Waals surface area contributed by atoms with E-state index in [0.717, 1.165) is 0 Å². The molecule has 0 bridgehead atoms. The van der Waals surface area contributed by atoms with E-state index in [1.54, 1.807) is 0 Å². The highest BCUT2D eigenvalue weighted by Gasteiger charge is 2.27. The van der Waals surface area contributed by atoms with E-state index in [4.69, 9.17) is 16.7 Å². The summed E-state index contributed by atoms with van der Waals surface area (Å²) in [5.74, 6) is 0. The predicted molar refractivity (Wildman–Crippen MR) is 57.7 cm³/mol. The number of aliphatic hydroxyl groups excluding tert-OH is 1. The van der Waals surface area contributed by atoms with Gasteiger partial charge >= 0.3 is 0 Å². The van der Waals surface area contributed by atoms with Crippen molar-refractivity contribution in [3.8, 4) is 0 Å². The number of nitrogens with one attached hydrogen (secondary N) is 1. The van der Waals surface area contributed by atoms with Crippen LogP contribution in [0.5, 0.6) is 0 Å². The molecule has 6 heteroatoms. The lowest BCUT2D eigenvalue weighted by molar-refractivity contribution is 0.215. The van der Waals surface area contributed by atoms with Gasteiger partial charge < -0.3 is 5.11 Å². The van der Waals surface area contributed by atoms with E-state index in [0.29, 0.717) is 6.42 Å². The van der Waals surface area contributed by atoms with Crippen LogP contribution in [0, 0.1) is 5.41 Å². The third-order valence-corrected chi connectivity index (χ3v) is 3.72. The van der Waals surface area contributed by atoms with Crippen LogP contribution in [-0.4, -0.2) is 31.4 Å². The standard InChI is InChI=1S/C8H18ClNO3S/c1-8(2,3)7(4-5-11)10-14(12,13)6-9/h7,10-11H,4-6H2,1-3H3. The zero-order valence-electron chi connectivity index (χ0n) is 8.75. The van der Waals surface area contributed by atoms with E-state index < -0.39 is 15.2 Å². The Balaban J connectivity index is 4.55. The minimum Gasteiger partial charge on any atom is -0.396 e. The summed E-state index contributed by atoms with van der Waals surface area (Å²) in [5, 5.41) is 8.35. The van der Waals surface area contributed by atoms with Crippen molar-refractivity contribution in [2.45, 2.75) is 33.2 Å². The van der Waals surface area contributed by atoms with E-state index in [-0.39, 0.29) is 18.1 Å². The third kappa shape index (κ3) is 5.14. The molecule has 0 saturated carbocycles. The van der Waals surface area contributed by atoms with Crippen LogP contribution in [-0.2, 0) is 10.0 Å². The molecule has 2 N–H and O–H groups in total. The summed E-state index contributed by atoms with van der Waals surface area (Å²) in [5.41, 5.74) is -0.234. The van der Waals surface area contributed by atoms with Crippen LogP contribution in [0.4, 0.5) is 0 Å². The van der Waals surface area contributed by atoms with Crippen LogP contribution >= 0.6 is 11.6 Å². The number of aliphatic hydroxyl groups is 1. The van der Waals surface area contributed by atoms with E-state index in [1.165, 1.54) is 0 Å². The quantitative estimate of drug-likeness (QED) is 0.705. The molecule has 86 valence electrons. The highest BCUT2D eigenvalue weighted by atomic mass is 35.5. The fourth-order valence-corrected chi connectivity index (χ4v) is 2.20. The van der Waals surface area contributed by atoms with Crippen LogP contribution in [0.25, 0.3) is 0 Å². The molecule has 0 saturated heterocycles. The maximum absolute atomic E-state index is 11.2. The number of hydrogen-bond donors (Lipinski definition) is 2. The summed E-state index contributed by atoms with van der Waals surface area (Å²) >= 11 is 5.27. The maximum atomic E-state index is 11.2. The smallest absolute Gasteiger partial charge is 0.225 e. The Morgan fingerprint density at radius 1 is 1.43 bits per heavy atom. The minimum atomic E-state index is -3.42. The molecule has 0 aliphatic rings. The molecular weight excluding hydrogens is 226 g/mol. The average Bonchev–Trinajstić information content (AvgIpc) is 2.02. The molecule has 0 aliphatic heterocycles. The fraction of sp³-hybridized carbons (Fsp3) is 1.00. The molecule has 0 aromatic rings. The molecule has 0 radical (unpaired) electrons. The zero-order chi connectivity index (χ0) is 11.4. The van der Waals surface area contributed by atoms with Crippen molar-refractivity contribution in [3.05, 3.63) is 0 Å². The van der Waals surface area contributed by atoms with Crippen LogP contribution in [0.1, 0.15) is 27.2 Å². The third-order valence-electron chi connectivity index (χ3n) is 1.93. The number of alkyl halides is 1. The zero-order valence-corrected chi connectivity index (χ0v) is 10.3. The average molecular weight is 244 g/mol. The van der Waals surface area contributed by atoms with Gasteiger partial charge in [-0.15, -0.1) is 11.6 Å². The van der Waals surface area contributed by atoms with Gasteiger partial charge in [0.1, 0.15) is 5.21 Å². The number of halogens is 1. The van der Waals surface area contributed by atoms with E-state index >= 15 is 0 Å². The molecule has 0 amide bonds. The number of rotatable bonds is 5. The molecule has 0 spiro atoms. The summed E-state index contributed by atoms with van der Waals surface area (Å²) < 4.78 is 24.9. The summed E-state index contributed by atoms with van der Waals surface area (Å²) in [6, 6.07) is -0.295. The Morgan fingerprint density at radius 2 is 1.93 bits per heavy atom. The Labute approximate surface area is 90.7 Å². The summed E-state index contributed by atoms with van der Waals surface area (Å²) in [6.45, 7) is 5.67. The Morgan fingerprint density at radius 3 is 2.21 bits per heavy atom. The molecule has 0 fully saturated rings. The predicted octanol–water partition coefficient (Wildman–Crippen LogP) is 0.899. The molecule has 0 heterocycles. The Bertz CT molecular complexity index is 258. The first-order valence-corrected chi connectivity index (χ1v) is 6.58.